The highest BCUT2D eigenvalue weighted by Crippen LogP contribution is 2.28. The van der Waals surface area contributed by atoms with Crippen molar-refractivity contribution in [2.45, 2.75) is 19.7 Å². The summed E-state index contributed by atoms with van der Waals surface area (Å²) in [5, 5.41) is 0.134. The number of rotatable bonds is 3. The zero-order valence-electron chi connectivity index (χ0n) is 14.1. The van der Waals surface area contributed by atoms with Gasteiger partial charge in [-0.1, -0.05) is 35.7 Å². The van der Waals surface area contributed by atoms with Crippen LogP contribution >= 0.6 is 0 Å². The normalized spacial score (nSPS) is 11.2. The van der Waals surface area contributed by atoms with Gasteiger partial charge in [0.05, 0.1) is 5.56 Å². The Bertz CT molecular complexity index is 1040. The first-order valence-electron chi connectivity index (χ1n) is 7.93. The molecule has 0 aliphatic heterocycles. The molecule has 0 atom stereocenters. The highest BCUT2D eigenvalue weighted by molar-refractivity contribution is 5.86. The molecule has 3 rings (SSSR count). The molecule has 0 N–H and O–H groups in total. The molecule has 0 amide bonds. The smallest absolute Gasteiger partial charge is 0.458 e. The van der Waals surface area contributed by atoms with Crippen LogP contribution in [0.15, 0.2) is 48.5 Å². The summed E-state index contributed by atoms with van der Waals surface area (Å²) in [5.74, 6) is 0.499. The maximum atomic E-state index is 14.4. The van der Waals surface area contributed by atoms with Crippen molar-refractivity contribution < 1.29 is 26.7 Å². The molecular weight excluding hydrogens is 363 g/mol. The minimum Gasteiger partial charge on any atom is -0.489 e. The molecule has 0 aliphatic rings. The number of aryl methyl sites for hydroxylation is 1. The van der Waals surface area contributed by atoms with Crippen LogP contribution in [0.4, 0.5) is 22.0 Å². The van der Waals surface area contributed by atoms with Gasteiger partial charge in [0, 0.05) is 11.3 Å². The lowest BCUT2D eigenvalue weighted by Gasteiger charge is -2.09. The van der Waals surface area contributed by atoms with E-state index in [2.05, 4.69) is 0 Å². The van der Waals surface area contributed by atoms with Crippen LogP contribution in [-0.2, 0) is 6.61 Å². The zero-order chi connectivity index (χ0) is 19.6. The first kappa shape index (κ1) is 18.7. The van der Waals surface area contributed by atoms with Crippen molar-refractivity contribution in [3.05, 3.63) is 76.9 Å². The second-order valence-electron chi connectivity index (χ2n) is 5.95. The van der Waals surface area contributed by atoms with Gasteiger partial charge in [0.1, 0.15) is 24.0 Å². The van der Waals surface area contributed by atoms with Crippen LogP contribution < -0.4 is 4.74 Å². The molecule has 0 saturated heterocycles. The van der Waals surface area contributed by atoms with Gasteiger partial charge in [-0.15, -0.1) is 0 Å². The average Bonchev–Trinajstić information content (AvgIpc) is 2.60. The van der Waals surface area contributed by atoms with Crippen LogP contribution in [0.25, 0.3) is 10.8 Å². The molecule has 138 valence electrons. The van der Waals surface area contributed by atoms with E-state index in [4.69, 9.17) is 4.74 Å². The molecule has 0 spiro atoms. The Morgan fingerprint density at radius 1 is 0.963 bits per heavy atom. The lowest BCUT2D eigenvalue weighted by Crippen LogP contribution is -2.02. The van der Waals surface area contributed by atoms with E-state index < -0.39 is 23.4 Å². The molecule has 0 radical (unpaired) electrons. The Hall–Kier alpha value is -3.07. The quantitative estimate of drug-likeness (QED) is 0.407. The van der Waals surface area contributed by atoms with Crippen molar-refractivity contribution in [2.24, 2.45) is 0 Å². The monoisotopic (exact) mass is 376 g/mol. The lowest BCUT2D eigenvalue weighted by molar-refractivity contribution is -0.0696. The summed E-state index contributed by atoms with van der Waals surface area (Å²) in [6, 6.07) is 12.9. The van der Waals surface area contributed by atoms with Crippen molar-refractivity contribution in [2.75, 3.05) is 0 Å². The maximum absolute atomic E-state index is 14.4. The molecule has 1 nitrogen and oxygen atoms in total. The van der Waals surface area contributed by atoms with E-state index in [9.17, 15) is 22.0 Å². The van der Waals surface area contributed by atoms with Crippen molar-refractivity contribution in [1.29, 1.82) is 0 Å². The number of halogens is 5. The third kappa shape index (κ3) is 4.56. The standard InChI is InChI=1S/C21H13F5O/c1-13-2-4-14(5-3-13)12-27-16-6-7-17-15(10-16)11-19(22)18(20(17)23)8-9-21(24,25)26/h2-7,10-11H,12H2,1H3. The highest BCUT2D eigenvalue weighted by Gasteiger charge is 2.24. The molecule has 3 aromatic carbocycles. The molecule has 0 saturated carbocycles. The molecular formula is C21H13F5O. The van der Waals surface area contributed by atoms with Gasteiger partial charge >= 0.3 is 6.18 Å². The second kappa shape index (κ2) is 7.28. The fraction of sp³-hybridized carbons (Fsp3) is 0.143. The Morgan fingerprint density at radius 2 is 1.67 bits per heavy atom. The van der Waals surface area contributed by atoms with Gasteiger partial charge in [-0.25, -0.2) is 8.78 Å². The number of hydrogen-bond donors (Lipinski definition) is 0. The van der Waals surface area contributed by atoms with Crippen molar-refractivity contribution in [3.8, 4) is 17.6 Å². The van der Waals surface area contributed by atoms with Gasteiger partial charge in [0.2, 0.25) is 0 Å². The molecule has 6 heteroatoms. The Morgan fingerprint density at radius 3 is 2.33 bits per heavy atom. The van der Waals surface area contributed by atoms with Crippen LogP contribution in [0.1, 0.15) is 16.7 Å². The number of alkyl halides is 3. The summed E-state index contributed by atoms with van der Waals surface area (Å²) in [4.78, 5) is 0. The number of fused-ring (bicyclic) bond motifs is 1. The first-order valence-corrected chi connectivity index (χ1v) is 7.93. The summed E-state index contributed by atoms with van der Waals surface area (Å²) in [6.07, 6.45) is -4.83. The predicted octanol–water partition coefficient (Wildman–Crippen LogP) is 5.92. The van der Waals surface area contributed by atoms with E-state index in [0.717, 1.165) is 23.1 Å². The van der Waals surface area contributed by atoms with E-state index in [0.29, 0.717) is 5.75 Å². The number of ether oxygens (including phenoxy) is 1. The van der Waals surface area contributed by atoms with Crippen molar-refractivity contribution in [1.82, 2.24) is 0 Å². The molecule has 0 heterocycles. The van der Waals surface area contributed by atoms with Crippen LogP contribution in [0, 0.1) is 30.4 Å². The van der Waals surface area contributed by atoms with Crippen LogP contribution in [0.5, 0.6) is 5.75 Å². The van der Waals surface area contributed by atoms with Gasteiger partial charge < -0.3 is 4.74 Å². The minimum absolute atomic E-state index is 0.0365. The van der Waals surface area contributed by atoms with Gasteiger partial charge in [0.25, 0.3) is 0 Å². The van der Waals surface area contributed by atoms with Gasteiger partial charge in [0.15, 0.2) is 0 Å². The van der Waals surface area contributed by atoms with E-state index in [1.165, 1.54) is 24.1 Å². The third-order valence-corrected chi connectivity index (χ3v) is 3.86. The number of benzene rings is 3. The summed E-state index contributed by atoms with van der Waals surface area (Å²) in [7, 11) is 0. The Labute approximate surface area is 152 Å². The third-order valence-electron chi connectivity index (χ3n) is 3.86. The van der Waals surface area contributed by atoms with Crippen molar-refractivity contribution in [3.63, 3.8) is 0 Å². The molecule has 0 aromatic heterocycles. The average molecular weight is 376 g/mol. The fourth-order valence-electron chi connectivity index (χ4n) is 2.50. The second-order valence-corrected chi connectivity index (χ2v) is 5.95. The Balaban J connectivity index is 1.89. The first-order chi connectivity index (χ1) is 12.7. The SMILES string of the molecule is Cc1ccc(COc2ccc3c(F)c(C#CC(F)(F)F)c(F)cc3c2)cc1. The Kier molecular flexibility index (Phi) is 5.04. The van der Waals surface area contributed by atoms with E-state index in [-0.39, 0.29) is 17.4 Å². The van der Waals surface area contributed by atoms with Gasteiger partial charge in [-0.05, 0) is 42.1 Å². The molecule has 0 unspecified atom stereocenters. The minimum atomic E-state index is -4.83. The topological polar surface area (TPSA) is 9.23 Å². The summed E-state index contributed by atoms with van der Waals surface area (Å²) < 4.78 is 70.6. The fourth-order valence-corrected chi connectivity index (χ4v) is 2.50. The number of hydrogen-bond acceptors (Lipinski definition) is 1. The summed E-state index contributed by atoms with van der Waals surface area (Å²) in [6.45, 7) is 2.23. The summed E-state index contributed by atoms with van der Waals surface area (Å²) in [5.41, 5.74) is 1.13. The van der Waals surface area contributed by atoms with E-state index in [1.807, 2.05) is 31.2 Å². The van der Waals surface area contributed by atoms with Gasteiger partial charge in [-0.3, -0.25) is 0 Å². The zero-order valence-corrected chi connectivity index (χ0v) is 14.1. The van der Waals surface area contributed by atoms with Crippen LogP contribution in [-0.4, -0.2) is 6.18 Å². The molecule has 0 aliphatic carbocycles. The largest absolute Gasteiger partial charge is 0.489 e. The summed E-state index contributed by atoms with van der Waals surface area (Å²) >= 11 is 0. The van der Waals surface area contributed by atoms with Crippen LogP contribution in [0.3, 0.4) is 0 Å². The van der Waals surface area contributed by atoms with Gasteiger partial charge in [-0.2, -0.15) is 13.2 Å². The molecule has 3 aromatic rings. The van der Waals surface area contributed by atoms with E-state index in [1.54, 1.807) is 0 Å². The highest BCUT2D eigenvalue weighted by atomic mass is 19.4. The molecule has 0 bridgehead atoms. The lowest BCUT2D eigenvalue weighted by atomic mass is 10.0. The van der Waals surface area contributed by atoms with Crippen LogP contribution in [0.2, 0.25) is 0 Å². The molecule has 27 heavy (non-hydrogen) atoms. The van der Waals surface area contributed by atoms with E-state index >= 15 is 0 Å². The van der Waals surface area contributed by atoms with Crippen molar-refractivity contribution >= 4 is 10.8 Å². The maximum Gasteiger partial charge on any atom is 0.458 e. The molecule has 0 fully saturated rings. The predicted molar refractivity (Wildman–Crippen MR) is 92.3 cm³/mol.